The molecule has 196 valence electrons. The second kappa shape index (κ2) is 11.6. The van der Waals surface area contributed by atoms with Crippen LogP contribution in [0.4, 0.5) is 0 Å². The number of rotatable bonds is 13. The number of carbonyl (C=O) groups excluding carboxylic acids is 1. The van der Waals surface area contributed by atoms with E-state index in [4.69, 9.17) is 8.85 Å². The minimum Gasteiger partial charge on any atom is -0.417 e. The van der Waals surface area contributed by atoms with Gasteiger partial charge in [0.05, 0.1) is 12.2 Å². The van der Waals surface area contributed by atoms with Crippen LogP contribution in [0.3, 0.4) is 0 Å². The van der Waals surface area contributed by atoms with Crippen molar-refractivity contribution in [2.24, 2.45) is 17.3 Å². The number of Topliss-reactive ketones (excluding diaryl/α,β-unsaturated/α-hetero) is 1. The zero-order valence-electron chi connectivity index (χ0n) is 24.4. The molecule has 1 unspecified atom stereocenters. The van der Waals surface area contributed by atoms with Gasteiger partial charge in [0.15, 0.2) is 16.6 Å². The molecule has 0 fully saturated rings. The topological polar surface area (TPSA) is 55.8 Å². The van der Waals surface area contributed by atoms with Crippen molar-refractivity contribution in [2.75, 3.05) is 6.61 Å². The van der Waals surface area contributed by atoms with Crippen LogP contribution < -0.4 is 0 Å². The zero-order valence-corrected chi connectivity index (χ0v) is 26.4. The average Bonchev–Trinajstić information content (AvgIpc) is 2.63. The lowest BCUT2D eigenvalue weighted by atomic mass is 9.73. The second-order valence-electron chi connectivity index (χ2n) is 13.6. The van der Waals surface area contributed by atoms with Crippen LogP contribution in [0.2, 0.25) is 36.3 Å². The Labute approximate surface area is 208 Å². The highest BCUT2D eigenvalue weighted by molar-refractivity contribution is 6.74. The summed E-state index contributed by atoms with van der Waals surface area (Å²) in [6, 6.07) is 0. The van der Waals surface area contributed by atoms with Crippen molar-refractivity contribution in [3.63, 3.8) is 0 Å². The number of hydrogen-bond acceptors (Lipinski definition) is 4. The van der Waals surface area contributed by atoms with Crippen LogP contribution in [0.15, 0.2) is 12.7 Å². The van der Waals surface area contributed by atoms with Gasteiger partial charge in [0, 0.05) is 17.9 Å². The second-order valence-corrected chi connectivity index (χ2v) is 23.2. The first-order valence-corrected chi connectivity index (χ1v) is 18.5. The largest absolute Gasteiger partial charge is 0.417 e. The summed E-state index contributed by atoms with van der Waals surface area (Å²) in [5.74, 6) is -0.428. The van der Waals surface area contributed by atoms with Gasteiger partial charge < -0.3 is 14.0 Å². The minimum atomic E-state index is -2.12. The van der Waals surface area contributed by atoms with Gasteiger partial charge in [0.1, 0.15) is 5.78 Å². The number of allylic oxidation sites excluding steroid dienone is 1. The van der Waals surface area contributed by atoms with E-state index in [1.165, 1.54) is 0 Å². The molecule has 0 saturated carbocycles. The van der Waals surface area contributed by atoms with Crippen LogP contribution in [-0.2, 0) is 13.6 Å². The summed E-state index contributed by atoms with van der Waals surface area (Å²) in [6.45, 7) is 34.5. The van der Waals surface area contributed by atoms with Gasteiger partial charge in [-0.25, -0.2) is 0 Å². The van der Waals surface area contributed by atoms with Gasteiger partial charge in [-0.3, -0.25) is 4.79 Å². The summed E-state index contributed by atoms with van der Waals surface area (Å²) in [7, 11) is -4.02. The lowest BCUT2D eigenvalue weighted by Gasteiger charge is -2.45. The summed E-state index contributed by atoms with van der Waals surface area (Å²) in [6.07, 6.45) is 2.19. The number of aliphatic hydroxyl groups is 1. The van der Waals surface area contributed by atoms with E-state index in [0.717, 1.165) is 0 Å². The molecule has 0 heterocycles. The fourth-order valence-corrected chi connectivity index (χ4v) is 6.07. The highest BCUT2D eigenvalue weighted by Crippen LogP contribution is 2.42. The van der Waals surface area contributed by atoms with Gasteiger partial charge >= 0.3 is 0 Å². The van der Waals surface area contributed by atoms with Gasteiger partial charge in [-0.1, -0.05) is 75.3 Å². The third-order valence-corrected chi connectivity index (χ3v) is 17.4. The smallest absolute Gasteiger partial charge is 0.192 e. The molecule has 1 N–H and O–H groups in total. The predicted octanol–water partition coefficient (Wildman–Crippen LogP) is 7.59. The molecule has 0 radical (unpaired) electrons. The molecule has 4 nitrogen and oxygen atoms in total. The number of ketones is 1. The Hall–Kier alpha value is -0.276. The van der Waals surface area contributed by atoms with Crippen molar-refractivity contribution in [1.29, 1.82) is 0 Å². The van der Waals surface area contributed by atoms with E-state index < -0.39 is 34.1 Å². The van der Waals surface area contributed by atoms with E-state index in [0.29, 0.717) is 19.4 Å². The van der Waals surface area contributed by atoms with Crippen LogP contribution in [0.1, 0.15) is 82.1 Å². The third kappa shape index (κ3) is 8.71. The molecular formula is C27H56O4Si2. The van der Waals surface area contributed by atoms with Crippen molar-refractivity contribution in [1.82, 2.24) is 0 Å². The summed E-state index contributed by atoms with van der Waals surface area (Å²) in [4.78, 5) is 13.7. The van der Waals surface area contributed by atoms with Gasteiger partial charge in [0.25, 0.3) is 0 Å². The van der Waals surface area contributed by atoms with Crippen LogP contribution in [0, 0.1) is 17.3 Å². The lowest BCUT2D eigenvalue weighted by molar-refractivity contribution is -0.141. The Morgan fingerprint density at radius 1 is 0.939 bits per heavy atom. The normalized spacial score (nSPS) is 17.9. The molecule has 4 atom stereocenters. The molecule has 0 aliphatic rings. The maximum absolute atomic E-state index is 13.7. The molecule has 0 aromatic heterocycles. The molecule has 0 aromatic rings. The first-order chi connectivity index (χ1) is 14.5. The molecule has 0 saturated heterocycles. The fourth-order valence-electron chi connectivity index (χ4n) is 3.53. The van der Waals surface area contributed by atoms with Crippen molar-refractivity contribution in [2.45, 2.75) is 131 Å². The zero-order chi connectivity index (χ0) is 26.6. The molecule has 0 amide bonds. The van der Waals surface area contributed by atoms with Crippen LogP contribution in [-0.4, -0.2) is 46.3 Å². The molecule has 0 aliphatic carbocycles. The minimum absolute atomic E-state index is 0.0149. The van der Waals surface area contributed by atoms with Crippen LogP contribution >= 0.6 is 0 Å². The molecule has 0 aromatic carbocycles. The van der Waals surface area contributed by atoms with Gasteiger partial charge in [-0.15, -0.1) is 6.58 Å². The summed E-state index contributed by atoms with van der Waals surface area (Å²) >= 11 is 0. The van der Waals surface area contributed by atoms with Gasteiger partial charge in [-0.05, 0) is 55.0 Å². The monoisotopic (exact) mass is 500 g/mol. The van der Waals surface area contributed by atoms with Crippen molar-refractivity contribution in [3.8, 4) is 0 Å². The Balaban J connectivity index is 5.89. The molecular weight excluding hydrogens is 444 g/mol. The average molecular weight is 501 g/mol. The number of aliphatic hydroxyl groups excluding tert-OH is 1. The lowest BCUT2D eigenvalue weighted by Crippen LogP contribution is -2.52. The van der Waals surface area contributed by atoms with Crippen LogP contribution in [0.5, 0.6) is 0 Å². The van der Waals surface area contributed by atoms with Crippen molar-refractivity contribution in [3.05, 3.63) is 12.7 Å². The number of hydrogen-bond donors (Lipinski definition) is 1. The van der Waals surface area contributed by atoms with Gasteiger partial charge in [0.2, 0.25) is 0 Å². The predicted molar refractivity (Wildman–Crippen MR) is 148 cm³/mol. The Bertz CT molecular complexity index is 641. The maximum atomic E-state index is 13.7. The highest BCUT2D eigenvalue weighted by Gasteiger charge is 2.47. The van der Waals surface area contributed by atoms with Gasteiger partial charge in [-0.2, -0.15) is 0 Å². The first kappa shape index (κ1) is 32.7. The van der Waals surface area contributed by atoms with E-state index in [1.54, 1.807) is 6.08 Å². The van der Waals surface area contributed by atoms with Crippen LogP contribution in [0.25, 0.3) is 0 Å². The Kier molecular flexibility index (Phi) is 11.5. The van der Waals surface area contributed by atoms with E-state index in [-0.39, 0.29) is 27.9 Å². The summed E-state index contributed by atoms with van der Waals surface area (Å²) in [5.41, 5.74) is -0.736. The fraction of sp³-hybridized carbons (Fsp3) is 0.889. The van der Waals surface area contributed by atoms with E-state index >= 15 is 0 Å². The maximum Gasteiger partial charge on any atom is 0.192 e. The highest BCUT2D eigenvalue weighted by atomic mass is 28.4. The standard InChI is InChI=1S/C27H56O4Si2/c1-16-17-20(2)23(28)21(3)24(29)27(10,11)22(31-33(14,15)26(7,8)9)18-19-30-32(12,13)25(4,5)6/h16,20-23,28H,1,17-19H2,2-15H3/t20-,21?,22-,23-/m0/s1. The Morgan fingerprint density at radius 3 is 1.79 bits per heavy atom. The quantitative estimate of drug-likeness (QED) is 0.209. The number of carbonyl (C=O) groups is 1. The van der Waals surface area contributed by atoms with Crippen molar-refractivity contribution >= 4 is 22.4 Å². The molecule has 0 rings (SSSR count). The summed E-state index contributed by atoms with van der Waals surface area (Å²) < 4.78 is 13.4. The molecule has 0 bridgehead atoms. The summed E-state index contributed by atoms with van der Waals surface area (Å²) in [5, 5.41) is 11.0. The van der Waals surface area contributed by atoms with E-state index in [2.05, 4.69) is 74.3 Å². The molecule has 33 heavy (non-hydrogen) atoms. The molecule has 0 spiro atoms. The molecule has 0 aliphatic heterocycles. The van der Waals surface area contributed by atoms with Crippen molar-refractivity contribution < 1.29 is 18.8 Å². The third-order valence-electron chi connectivity index (χ3n) is 8.38. The molecule has 6 heteroatoms. The SMILES string of the molecule is C=CC[C@H](C)[C@H](O)C(C)C(=O)C(C)(C)[C@H](CCO[Si](C)(C)C(C)(C)C)O[Si](C)(C)C(C)(C)C. The van der Waals surface area contributed by atoms with E-state index in [1.807, 2.05) is 27.7 Å². The Morgan fingerprint density at radius 2 is 1.39 bits per heavy atom. The first-order valence-electron chi connectivity index (χ1n) is 12.7. The van der Waals surface area contributed by atoms with E-state index in [9.17, 15) is 9.90 Å².